The lowest BCUT2D eigenvalue weighted by Gasteiger charge is -2.30. The van der Waals surface area contributed by atoms with Crippen molar-refractivity contribution in [1.82, 2.24) is 4.90 Å². The van der Waals surface area contributed by atoms with Crippen molar-refractivity contribution in [3.8, 4) is 0 Å². The number of ether oxygens (including phenoxy) is 1. The maximum atomic E-state index is 13.0. The molecule has 0 aromatic heterocycles. The first-order valence-corrected chi connectivity index (χ1v) is 5.64. The van der Waals surface area contributed by atoms with E-state index in [1.807, 2.05) is 7.05 Å². The molecule has 1 N–H and O–H groups in total. The van der Waals surface area contributed by atoms with Gasteiger partial charge in [-0.15, -0.1) is 0 Å². The molecule has 0 spiro atoms. The fourth-order valence-corrected chi connectivity index (χ4v) is 1.83. The topological polar surface area (TPSA) is 24.5 Å². The van der Waals surface area contributed by atoms with Gasteiger partial charge in [0.25, 0.3) is 0 Å². The standard InChI is InChI=1S/C12H16F2N2O/c1-16-4-5-17-10(8-16)7-15-9-2-3-11(13)12(14)6-9/h2-3,6,10,15H,4-5,7-8H2,1H3. The molecule has 17 heavy (non-hydrogen) atoms. The van der Waals surface area contributed by atoms with Crippen LogP contribution in [0.1, 0.15) is 0 Å². The highest BCUT2D eigenvalue weighted by molar-refractivity contribution is 5.43. The molecule has 1 fully saturated rings. The van der Waals surface area contributed by atoms with Gasteiger partial charge in [0.2, 0.25) is 0 Å². The average molecular weight is 242 g/mol. The van der Waals surface area contributed by atoms with Crippen LogP contribution in [0.2, 0.25) is 0 Å². The number of nitrogens with one attached hydrogen (secondary N) is 1. The summed E-state index contributed by atoms with van der Waals surface area (Å²) in [5.41, 5.74) is 0.570. The molecular weight excluding hydrogens is 226 g/mol. The Kier molecular flexibility index (Phi) is 3.91. The molecule has 2 rings (SSSR count). The molecule has 1 aromatic carbocycles. The number of morpholine rings is 1. The minimum absolute atomic E-state index is 0.0851. The summed E-state index contributed by atoms with van der Waals surface area (Å²) in [5.74, 6) is -1.67. The fraction of sp³-hybridized carbons (Fsp3) is 0.500. The highest BCUT2D eigenvalue weighted by atomic mass is 19.2. The molecule has 0 saturated carbocycles. The van der Waals surface area contributed by atoms with Gasteiger partial charge in [0.15, 0.2) is 11.6 Å². The van der Waals surface area contributed by atoms with Gasteiger partial charge in [-0.2, -0.15) is 0 Å². The van der Waals surface area contributed by atoms with Gasteiger partial charge in [-0.05, 0) is 19.2 Å². The smallest absolute Gasteiger partial charge is 0.160 e. The summed E-state index contributed by atoms with van der Waals surface area (Å²) in [6.07, 6.45) is 0.0851. The molecular formula is C12H16F2N2O. The zero-order chi connectivity index (χ0) is 12.3. The molecule has 1 aromatic rings. The van der Waals surface area contributed by atoms with Gasteiger partial charge in [0.05, 0.1) is 12.7 Å². The third-order valence-electron chi connectivity index (χ3n) is 2.80. The lowest BCUT2D eigenvalue weighted by molar-refractivity contribution is -0.0117. The fourth-order valence-electron chi connectivity index (χ4n) is 1.83. The molecule has 0 bridgehead atoms. The Labute approximate surface area is 99.4 Å². The molecule has 1 saturated heterocycles. The summed E-state index contributed by atoms with van der Waals surface area (Å²) in [4.78, 5) is 2.18. The molecule has 1 aliphatic heterocycles. The van der Waals surface area contributed by atoms with E-state index in [0.717, 1.165) is 25.2 Å². The second kappa shape index (κ2) is 5.42. The van der Waals surface area contributed by atoms with E-state index in [1.165, 1.54) is 6.07 Å². The maximum absolute atomic E-state index is 13.0. The molecule has 1 atom stereocenters. The van der Waals surface area contributed by atoms with Crippen LogP contribution in [0.25, 0.3) is 0 Å². The lowest BCUT2D eigenvalue weighted by atomic mass is 10.2. The molecule has 1 heterocycles. The van der Waals surface area contributed by atoms with Crippen molar-refractivity contribution in [3.05, 3.63) is 29.8 Å². The first-order chi connectivity index (χ1) is 8.15. The van der Waals surface area contributed by atoms with E-state index in [4.69, 9.17) is 4.74 Å². The Morgan fingerprint density at radius 3 is 2.94 bits per heavy atom. The highest BCUT2D eigenvalue weighted by Crippen LogP contribution is 2.13. The van der Waals surface area contributed by atoms with E-state index in [1.54, 1.807) is 0 Å². The summed E-state index contributed by atoms with van der Waals surface area (Å²) < 4.78 is 31.2. The maximum Gasteiger partial charge on any atom is 0.160 e. The number of halogens is 2. The van der Waals surface area contributed by atoms with Gasteiger partial charge < -0.3 is 15.0 Å². The second-order valence-corrected chi connectivity index (χ2v) is 4.26. The molecule has 3 nitrogen and oxygen atoms in total. The van der Waals surface area contributed by atoms with Gasteiger partial charge >= 0.3 is 0 Å². The van der Waals surface area contributed by atoms with Crippen LogP contribution >= 0.6 is 0 Å². The van der Waals surface area contributed by atoms with Gasteiger partial charge in [-0.1, -0.05) is 0 Å². The monoisotopic (exact) mass is 242 g/mol. The molecule has 0 amide bonds. The van der Waals surface area contributed by atoms with E-state index >= 15 is 0 Å². The Bertz CT molecular complexity index is 387. The summed E-state index contributed by atoms with van der Waals surface area (Å²) >= 11 is 0. The summed E-state index contributed by atoms with van der Waals surface area (Å²) in [6, 6.07) is 3.79. The largest absolute Gasteiger partial charge is 0.382 e. The second-order valence-electron chi connectivity index (χ2n) is 4.26. The summed E-state index contributed by atoms with van der Waals surface area (Å²) in [7, 11) is 2.03. The van der Waals surface area contributed by atoms with Gasteiger partial charge in [0.1, 0.15) is 0 Å². The zero-order valence-corrected chi connectivity index (χ0v) is 9.75. The summed E-state index contributed by atoms with van der Waals surface area (Å²) in [6.45, 7) is 3.08. The molecule has 1 aliphatic rings. The van der Waals surface area contributed by atoms with Crippen molar-refractivity contribution in [2.45, 2.75) is 6.10 Å². The Morgan fingerprint density at radius 2 is 2.24 bits per heavy atom. The van der Waals surface area contributed by atoms with E-state index in [-0.39, 0.29) is 6.10 Å². The average Bonchev–Trinajstić information content (AvgIpc) is 2.31. The quantitative estimate of drug-likeness (QED) is 0.873. The van der Waals surface area contributed by atoms with Crippen LogP contribution in [0, 0.1) is 11.6 Å². The van der Waals surface area contributed by atoms with Crippen LogP contribution in [-0.2, 0) is 4.74 Å². The first kappa shape index (κ1) is 12.3. The first-order valence-electron chi connectivity index (χ1n) is 5.64. The molecule has 5 heteroatoms. The number of benzene rings is 1. The van der Waals surface area contributed by atoms with Crippen LogP contribution in [0.4, 0.5) is 14.5 Å². The number of hydrogen-bond acceptors (Lipinski definition) is 3. The third kappa shape index (κ3) is 3.38. The predicted octanol–water partition coefficient (Wildman–Crippen LogP) is 1.71. The number of rotatable bonds is 3. The predicted molar refractivity (Wildman–Crippen MR) is 62.1 cm³/mol. The van der Waals surface area contributed by atoms with Crippen LogP contribution < -0.4 is 5.32 Å². The Balaban J connectivity index is 1.86. The Morgan fingerprint density at radius 1 is 1.41 bits per heavy atom. The normalized spacial score (nSPS) is 21.5. The minimum Gasteiger partial charge on any atom is -0.382 e. The molecule has 94 valence electrons. The minimum atomic E-state index is -0.836. The van der Waals surface area contributed by atoms with Crippen LogP contribution in [-0.4, -0.2) is 44.3 Å². The van der Waals surface area contributed by atoms with Crippen LogP contribution in [0.15, 0.2) is 18.2 Å². The van der Waals surface area contributed by atoms with Crippen molar-refractivity contribution >= 4 is 5.69 Å². The van der Waals surface area contributed by atoms with Crippen LogP contribution in [0.3, 0.4) is 0 Å². The SMILES string of the molecule is CN1CCOC(CNc2ccc(F)c(F)c2)C1. The van der Waals surface area contributed by atoms with Crippen molar-refractivity contribution in [3.63, 3.8) is 0 Å². The summed E-state index contributed by atoms with van der Waals surface area (Å²) in [5, 5.41) is 3.04. The highest BCUT2D eigenvalue weighted by Gasteiger charge is 2.17. The van der Waals surface area contributed by atoms with Crippen molar-refractivity contribution in [1.29, 1.82) is 0 Å². The van der Waals surface area contributed by atoms with Gasteiger partial charge in [-0.25, -0.2) is 8.78 Å². The van der Waals surface area contributed by atoms with Gasteiger partial charge in [0, 0.05) is 31.4 Å². The van der Waals surface area contributed by atoms with E-state index < -0.39 is 11.6 Å². The van der Waals surface area contributed by atoms with E-state index in [0.29, 0.717) is 18.8 Å². The third-order valence-corrected chi connectivity index (χ3v) is 2.80. The molecule has 0 radical (unpaired) electrons. The van der Waals surface area contributed by atoms with Crippen molar-refractivity contribution in [2.24, 2.45) is 0 Å². The number of likely N-dealkylation sites (N-methyl/N-ethyl adjacent to an activating group) is 1. The molecule has 0 aliphatic carbocycles. The lowest BCUT2D eigenvalue weighted by Crippen LogP contribution is -2.43. The van der Waals surface area contributed by atoms with Crippen LogP contribution in [0.5, 0.6) is 0 Å². The number of anilines is 1. The number of nitrogens with zero attached hydrogens (tertiary/aromatic N) is 1. The van der Waals surface area contributed by atoms with Crippen molar-refractivity contribution < 1.29 is 13.5 Å². The van der Waals surface area contributed by atoms with E-state index in [9.17, 15) is 8.78 Å². The zero-order valence-electron chi connectivity index (χ0n) is 9.75. The molecule has 1 unspecified atom stereocenters. The van der Waals surface area contributed by atoms with Crippen molar-refractivity contribution in [2.75, 3.05) is 38.6 Å². The van der Waals surface area contributed by atoms with E-state index in [2.05, 4.69) is 10.2 Å². The van der Waals surface area contributed by atoms with Gasteiger partial charge in [-0.3, -0.25) is 0 Å². The Hall–Kier alpha value is -1.20. The number of hydrogen-bond donors (Lipinski definition) is 1.